The summed E-state index contributed by atoms with van der Waals surface area (Å²) < 4.78 is 1.85. The third kappa shape index (κ3) is 7.05. The van der Waals surface area contributed by atoms with Crippen molar-refractivity contribution in [3.05, 3.63) is 30.5 Å². The molecule has 0 bridgehead atoms. The molecule has 18 heavy (non-hydrogen) atoms. The highest BCUT2D eigenvalue weighted by molar-refractivity contribution is 5.59. The number of imidazole rings is 1. The molecule has 0 aliphatic heterocycles. The molecule has 0 unspecified atom stereocenters. The molecule has 0 aliphatic rings. The lowest BCUT2D eigenvalue weighted by Gasteiger charge is -2.16. The molecule has 1 aromatic rings. The Labute approximate surface area is 112 Å². The van der Waals surface area contributed by atoms with Gasteiger partial charge < -0.3 is 0 Å². The van der Waals surface area contributed by atoms with Gasteiger partial charge in [-0.25, -0.2) is 9.98 Å². The van der Waals surface area contributed by atoms with Crippen LogP contribution in [0, 0.1) is 11.3 Å². The average molecular weight is 249 g/mol. The molecule has 1 rings (SSSR count). The zero-order chi connectivity index (χ0) is 14.2. The van der Waals surface area contributed by atoms with Crippen LogP contribution in [-0.4, -0.2) is 15.9 Å². The van der Waals surface area contributed by atoms with E-state index in [1.807, 2.05) is 24.6 Å². The van der Waals surface area contributed by atoms with E-state index in [1.165, 1.54) is 0 Å². The minimum atomic E-state index is 0.159. The van der Waals surface area contributed by atoms with Crippen LogP contribution in [0.1, 0.15) is 48.5 Å². The smallest absolute Gasteiger partial charge is 0.100 e. The fourth-order valence-corrected chi connectivity index (χ4v) is 1.27. The fraction of sp³-hybridized carbons (Fsp3) is 0.600. The van der Waals surface area contributed by atoms with Crippen LogP contribution in [-0.2, 0) is 0 Å². The predicted octanol–water partition coefficient (Wildman–Crippen LogP) is 4.37. The zero-order valence-corrected chi connectivity index (χ0v) is 12.8. The standard InChI is InChI=1S/C13H21N3.C2H6/c1-11(2)12(8-13(3,4)5)15-10-16-7-6-14-9-16;1-2/h6-11H,1-5H3;1-2H3/b12-8-,15-10?;. The molecule has 102 valence electrons. The molecule has 1 aromatic heterocycles. The maximum atomic E-state index is 4.51. The second-order valence-corrected chi connectivity index (χ2v) is 5.34. The van der Waals surface area contributed by atoms with Crippen molar-refractivity contribution in [1.82, 2.24) is 9.55 Å². The summed E-state index contributed by atoms with van der Waals surface area (Å²) in [4.78, 5) is 8.48. The normalized spacial score (nSPS) is 12.8. The van der Waals surface area contributed by atoms with Crippen LogP contribution in [0.2, 0.25) is 0 Å². The average Bonchev–Trinajstić information content (AvgIpc) is 2.78. The first kappa shape index (κ1) is 16.6. The van der Waals surface area contributed by atoms with E-state index in [9.17, 15) is 0 Å². The third-order valence-electron chi connectivity index (χ3n) is 2.04. The van der Waals surface area contributed by atoms with Gasteiger partial charge >= 0.3 is 0 Å². The number of hydrogen-bond acceptors (Lipinski definition) is 2. The molecule has 0 amide bonds. The number of rotatable bonds is 3. The van der Waals surface area contributed by atoms with Gasteiger partial charge in [0.05, 0.1) is 6.33 Å². The summed E-state index contributed by atoms with van der Waals surface area (Å²) in [6.07, 6.45) is 9.36. The van der Waals surface area contributed by atoms with E-state index in [-0.39, 0.29) is 5.41 Å². The van der Waals surface area contributed by atoms with Gasteiger partial charge in [-0.05, 0) is 11.3 Å². The quantitative estimate of drug-likeness (QED) is 0.578. The molecular formula is C15H27N3. The molecule has 0 saturated heterocycles. The Morgan fingerprint density at radius 2 is 1.89 bits per heavy atom. The lowest BCUT2D eigenvalue weighted by molar-refractivity contribution is 0.530. The van der Waals surface area contributed by atoms with E-state index in [0.717, 1.165) is 5.70 Å². The van der Waals surface area contributed by atoms with Crippen molar-refractivity contribution in [2.24, 2.45) is 16.3 Å². The first-order valence-electron chi connectivity index (χ1n) is 6.63. The molecule has 3 heteroatoms. The first-order valence-corrected chi connectivity index (χ1v) is 6.63. The van der Waals surface area contributed by atoms with Crippen molar-refractivity contribution >= 4 is 6.34 Å². The maximum Gasteiger partial charge on any atom is 0.100 e. The summed E-state index contributed by atoms with van der Waals surface area (Å²) >= 11 is 0. The van der Waals surface area contributed by atoms with E-state index < -0.39 is 0 Å². The van der Waals surface area contributed by atoms with Crippen LogP contribution >= 0.6 is 0 Å². The van der Waals surface area contributed by atoms with Crippen molar-refractivity contribution < 1.29 is 0 Å². The van der Waals surface area contributed by atoms with Gasteiger partial charge in [-0.1, -0.05) is 54.5 Å². The Hall–Kier alpha value is -1.38. The topological polar surface area (TPSA) is 30.2 Å². The van der Waals surface area contributed by atoms with Crippen LogP contribution < -0.4 is 0 Å². The van der Waals surface area contributed by atoms with Crippen LogP contribution in [0.5, 0.6) is 0 Å². The molecule has 0 aliphatic carbocycles. The summed E-state index contributed by atoms with van der Waals surface area (Å²) in [5, 5.41) is 0. The first-order chi connectivity index (χ1) is 8.38. The van der Waals surface area contributed by atoms with Gasteiger partial charge in [0, 0.05) is 18.1 Å². The maximum absolute atomic E-state index is 4.51. The Kier molecular flexibility index (Phi) is 7.25. The second kappa shape index (κ2) is 7.85. The number of aromatic nitrogens is 2. The molecule has 0 spiro atoms. The van der Waals surface area contributed by atoms with E-state index in [4.69, 9.17) is 0 Å². The van der Waals surface area contributed by atoms with E-state index in [1.54, 1.807) is 18.9 Å². The van der Waals surface area contributed by atoms with Crippen molar-refractivity contribution in [1.29, 1.82) is 0 Å². The summed E-state index contributed by atoms with van der Waals surface area (Å²) in [6.45, 7) is 14.9. The van der Waals surface area contributed by atoms with Gasteiger partial charge in [0.1, 0.15) is 6.34 Å². The monoisotopic (exact) mass is 249 g/mol. The predicted molar refractivity (Wildman–Crippen MR) is 79.8 cm³/mol. The van der Waals surface area contributed by atoms with Crippen LogP contribution in [0.15, 0.2) is 35.5 Å². The summed E-state index contributed by atoms with van der Waals surface area (Å²) in [6, 6.07) is 0. The minimum absolute atomic E-state index is 0.159. The van der Waals surface area contributed by atoms with E-state index in [2.05, 4.69) is 50.7 Å². The van der Waals surface area contributed by atoms with E-state index >= 15 is 0 Å². The van der Waals surface area contributed by atoms with Gasteiger partial charge in [-0.2, -0.15) is 0 Å². The second-order valence-electron chi connectivity index (χ2n) is 5.34. The molecule has 0 atom stereocenters. The zero-order valence-electron chi connectivity index (χ0n) is 12.8. The largest absolute Gasteiger partial charge is 0.297 e. The Morgan fingerprint density at radius 3 is 2.28 bits per heavy atom. The Balaban J connectivity index is 0.00000137. The molecule has 0 N–H and O–H groups in total. The summed E-state index contributed by atoms with van der Waals surface area (Å²) in [7, 11) is 0. The molecule has 1 heterocycles. The number of hydrogen-bond donors (Lipinski definition) is 0. The Bertz CT molecular complexity index is 365. The van der Waals surface area contributed by atoms with Gasteiger partial charge in [0.25, 0.3) is 0 Å². The van der Waals surface area contributed by atoms with Crippen LogP contribution in [0.4, 0.5) is 0 Å². The minimum Gasteiger partial charge on any atom is -0.297 e. The van der Waals surface area contributed by atoms with Gasteiger partial charge in [0.15, 0.2) is 0 Å². The van der Waals surface area contributed by atoms with Crippen molar-refractivity contribution in [3.63, 3.8) is 0 Å². The highest BCUT2D eigenvalue weighted by atomic mass is 15.1. The van der Waals surface area contributed by atoms with Gasteiger partial charge in [-0.3, -0.25) is 4.57 Å². The van der Waals surface area contributed by atoms with Crippen LogP contribution in [0.25, 0.3) is 0 Å². The lowest BCUT2D eigenvalue weighted by atomic mass is 9.93. The number of aliphatic imine (C=N–C) groups is 1. The van der Waals surface area contributed by atoms with Crippen molar-refractivity contribution in [3.8, 4) is 0 Å². The van der Waals surface area contributed by atoms with Crippen molar-refractivity contribution in [2.45, 2.75) is 48.5 Å². The van der Waals surface area contributed by atoms with Gasteiger partial charge in [0.2, 0.25) is 0 Å². The molecular weight excluding hydrogens is 222 g/mol. The third-order valence-corrected chi connectivity index (χ3v) is 2.04. The van der Waals surface area contributed by atoms with Crippen LogP contribution in [0.3, 0.4) is 0 Å². The summed E-state index contributed by atoms with van der Waals surface area (Å²) in [5.74, 6) is 0.430. The lowest BCUT2D eigenvalue weighted by Crippen LogP contribution is -2.04. The molecule has 0 aromatic carbocycles. The molecule has 0 fully saturated rings. The number of nitrogens with zero attached hydrogens (tertiary/aromatic N) is 3. The molecule has 3 nitrogen and oxygen atoms in total. The van der Waals surface area contributed by atoms with Crippen molar-refractivity contribution in [2.75, 3.05) is 0 Å². The van der Waals surface area contributed by atoms with E-state index in [0.29, 0.717) is 5.92 Å². The number of allylic oxidation sites excluding steroid dienone is 2. The Morgan fingerprint density at radius 1 is 1.28 bits per heavy atom. The molecule has 0 saturated carbocycles. The van der Waals surface area contributed by atoms with Gasteiger partial charge in [-0.15, -0.1) is 0 Å². The summed E-state index contributed by atoms with van der Waals surface area (Å²) in [5.41, 5.74) is 1.27. The SMILES string of the molecule is CC.CC(C)/C(=C/C(C)(C)C)N=Cn1ccnc1. The molecule has 0 radical (unpaired) electrons. The fourth-order valence-electron chi connectivity index (χ4n) is 1.27. The highest BCUT2D eigenvalue weighted by Gasteiger charge is 2.10. The highest BCUT2D eigenvalue weighted by Crippen LogP contribution is 2.22.